The van der Waals surface area contributed by atoms with Crippen LogP contribution in [-0.4, -0.2) is 26.2 Å². The second-order valence-electron chi connectivity index (χ2n) is 6.72. The average molecular weight is 365 g/mol. The molecule has 2 aromatic carbocycles. The number of nitrogens with one attached hydrogen (secondary N) is 1. The molecule has 2 aromatic rings. The summed E-state index contributed by atoms with van der Waals surface area (Å²) in [5.74, 6) is 1.70. The molecule has 1 amide bonds. The molecule has 1 aliphatic heterocycles. The van der Waals surface area contributed by atoms with Gasteiger partial charge >= 0.3 is 0 Å². The number of carbonyl (C=O) groups is 1. The van der Waals surface area contributed by atoms with Gasteiger partial charge in [-0.3, -0.25) is 4.79 Å². The maximum atomic E-state index is 12.4. The molecule has 1 heterocycles. The maximum absolute atomic E-state index is 12.4. The smallest absolute Gasteiger partial charge is 0.248 e. The van der Waals surface area contributed by atoms with Gasteiger partial charge in [-0.25, -0.2) is 0 Å². The number of aryl methyl sites for hydroxylation is 1. The molecule has 0 radical (unpaired) electrons. The standard InChI is InChI=1S/C22H23NO4/c1-25-19-13-15(14-20-22(19)27-12-11-26-20)9-10-21(24)23-18-8-4-6-16-5-2-3-7-17(16)18/h4,6,8-10,13-14H,2-3,5,7,11-12H2,1H3,(H,23,24)/b10-9+. The Morgan fingerprint density at radius 2 is 2.00 bits per heavy atom. The first-order valence-corrected chi connectivity index (χ1v) is 9.32. The summed E-state index contributed by atoms with van der Waals surface area (Å²) in [5, 5.41) is 3.02. The topological polar surface area (TPSA) is 56.8 Å². The molecule has 0 bridgehead atoms. The molecule has 4 rings (SSSR count). The zero-order valence-electron chi connectivity index (χ0n) is 15.4. The molecule has 5 nitrogen and oxygen atoms in total. The summed E-state index contributed by atoms with van der Waals surface area (Å²) in [7, 11) is 1.59. The molecule has 0 spiro atoms. The fourth-order valence-electron chi connectivity index (χ4n) is 3.63. The van der Waals surface area contributed by atoms with E-state index in [1.807, 2.05) is 24.3 Å². The van der Waals surface area contributed by atoms with E-state index in [0.717, 1.165) is 24.1 Å². The number of anilines is 1. The van der Waals surface area contributed by atoms with Gasteiger partial charge in [0, 0.05) is 11.8 Å². The number of benzene rings is 2. The van der Waals surface area contributed by atoms with Crippen molar-refractivity contribution >= 4 is 17.7 Å². The number of ether oxygens (including phenoxy) is 3. The number of rotatable bonds is 4. The predicted octanol–water partition coefficient (Wildman–Crippen LogP) is 4.00. The fraction of sp³-hybridized carbons (Fsp3) is 0.318. The Morgan fingerprint density at radius 1 is 1.15 bits per heavy atom. The molecular weight excluding hydrogens is 342 g/mol. The highest BCUT2D eigenvalue weighted by Crippen LogP contribution is 2.40. The van der Waals surface area contributed by atoms with Gasteiger partial charge in [-0.1, -0.05) is 12.1 Å². The van der Waals surface area contributed by atoms with E-state index in [-0.39, 0.29) is 5.91 Å². The molecule has 1 N–H and O–H groups in total. The van der Waals surface area contributed by atoms with Crippen LogP contribution >= 0.6 is 0 Å². The van der Waals surface area contributed by atoms with Gasteiger partial charge in [-0.15, -0.1) is 0 Å². The molecule has 0 atom stereocenters. The molecule has 0 fully saturated rings. The minimum Gasteiger partial charge on any atom is -0.493 e. The summed E-state index contributed by atoms with van der Waals surface area (Å²) >= 11 is 0. The highest BCUT2D eigenvalue weighted by Gasteiger charge is 2.18. The lowest BCUT2D eigenvalue weighted by molar-refractivity contribution is -0.111. The SMILES string of the molecule is COc1cc(/C=C/C(=O)Nc2cccc3c2CCCC3)cc2c1OCCO2. The lowest BCUT2D eigenvalue weighted by atomic mass is 9.90. The maximum Gasteiger partial charge on any atom is 0.248 e. The van der Waals surface area contributed by atoms with Crippen molar-refractivity contribution in [3.05, 3.63) is 53.1 Å². The Bertz CT molecular complexity index is 871. The lowest BCUT2D eigenvalue weighted by Gasteiger charge is -2.21. The number of hydrogen-bond acceptors (Lipinski definition) is 4. The molecule has 1 aliphatic carbocycles. The van der Waals surface area contributed by atoms with Gasteiger partial charge in [0.1, 0.15) is 13.2 Å². The van der Waals surface area contributed by atoms with E-state index in [4.69, 9.17) is 14.2 Å². The average Bonchev–Trinajstić information content (AvgIpc) is 2.72. The van der Waals surface area contributed by atoms with E-state index in [1.165, 1.54) is 30.0 Å². The first-order chi connectivity index (χ1) is 13.2. The van der Waals surface area contributed by atoms with E-state index < -0.39 is 0 Å². The first kappa shape index (κ1) is 17.5. The van der Waals surface area contributed by atoms with Crippen molar-refractivity contribution < 1.29 is 19.0 Å². The van der Waals surface area contributed by atoms with Gasteiger partial charge in [0.25, 0.3) is 0 Å². The van der Waals surface area contributed by atoms with Crippen LogP contribution in [0.3, 0.4) is 0 Å². The normalized spacial score (nSPS) is 15.3. The third kappa shape index (κ3) is 3.77. The first-order valence-electron chi connectivity index (χ1n) is 9.32. The number of hydrogen-bond donors (Lipinski definition) is 1. The van der Waals surface area contributed by atoms with Crippen LogP contribution in [0.4, 0.5) is 5.69 Å². The fourth-order valence-corrected chi connectivity index (χ4v) is 3.63. The van der Waals surface area contributed by atoms with E-state index >= 15 is 0 Å². The highest BCUT2D eigenvalue weighted by atomic mass is 16.6. The van der Waals surface area contributed by atoms with Gasteiger partial charge in [0.2, 0.25) is 11.7 Å². The monoisotopic (exact) mass is 365 g/mol. The molecule has 0 saturated carbocycles. The molecule has 2 aliphatic rings. The van der Waals surface area contributed by atoms with Crippen LogP contribution in [0.1, 0.15) is 29.5 Å². The van der Waals surface area contributed by atoms with Crippen molar-refractivity contribution in [2.75, 3.05) is 25.6 Å². The summed E-state index contributed by atoms with van der Waals surface area (Å²) in [6.45, 7) is 1.01. The molecule has 140 valence electrons. The molecule has 5 heteroatoms. The van der Waals surface area contributed by atoms with E-state index in [9.17, 15) is 4.79 Å². The van der Waals surface area contributed by atoms with Gasteiger partial charge in [-0.2, -0.15) is 0 Å². The Kier molecular flexibility index (Phi) is 5.01. The third-order valence-corrected chi connectivity index (χ3v) is 4.93. The van der Waals surface area contributed by atoms with Crippen LogP contribution in [0, 0.1) is 0 Å². The van der Waals surface area contributed by atoms with Gasteiger partial charge in [-0.05, 0) is 66.6 Å². The summed E-state index contributed by atoms with van der Waals surface area (Å²) in [6.07, 6.45) is 7.79. The van der Waals surface area contributed by atoms with Crippen LogP contribution in [0.25, 0.3) is 6.08 Å². The van der Waals surface area contributed by atoms with Crippen LogP contribution in [0.15, 0.2) is 36.4 Å². The molecule has 0 saturated heterocycles. The lowest BCUT2D eigenvalue weighted by Crippen LogP contribution is -2.16. The Morgan fingerprint density at radius 3 is 2.89 bits per heavy atom. The number of fused-ring (bicyclic) bond motifs is 2. The highest BCUT2D eigenvalue weighted by molar-refractivity contribution is 6.02. The van der Waals surface area contributed by atoms with E-state index in [0.29, 0.717) is 30.5 Å². The number of amides is 1. The molecule has 0 unspecified atom stereocenters. The number of methoxy groups -OCH3 is 1. The van der Waals surface area contributed by atoms with Crippen LogP contribution < -0.4 is 19.5 Å². The molecule has 27 heavy (non-hydrogen) atoms. The Balaban J connectivity index is 1.51. The van der Waals surface area contributed by atoms with Crippen molar-refractivity contribution in [2.24, 2.45) is 0 Å². The Hall–Kier alpha value is -2.95. The van der Waals surface area contributed by atoms with Gasteiger partial charge < -0.3 is 19.5 Å². The quantitative estimate of drug-likeness (QED) is 0.832. The Labute approximate surface area is 158 Å². The van der Waals surface area contributed by atoms with Gasteiger partial charge in [0.15, 0.2) is 11.5 Å². The van der Waals surface area contributed by atoms with Crippen molar-refractivity contribution in [3.8, 4) is 17.2 Å². The predicted molar refractivity (Wildman–Crippen MR) is 105 cm³/mol. The van der Waals surface area contributed by atoms with E-state index in [2.05, 4.69) is 11.4 Å². The third-order valence-electron chi connectivity index (χ3n) is 4.93. The minimum absolute atomic E-state index is 0.150. The van der Waals surface area contributed by atoms with Gasteiger partial charge in [0.05, 0.1) is 7.11 Å². The van der Waals surface area contributed by atoms with Crippen molar-refractivity contribution in [3.63, 3.8) is 0 Å². The largest absolute Gasteiger partial charge is 0.493 e. The molecule has 0 aromatic heterocycles. The summed E-state index contributed by atoms with van der Waals surface area (Å²) in [4.78, 5) is 12.4. The number of carbonyl (C=O) groups excluding carboxylic acids is 1. The van der Waals surface area contributed by atoms with Crippen molar-refractivity contribution in [1.82, 2.24) is 0 Å². The molecular formula is C22H23NO4. The second-order valence-corrected chi connectivity index (χ2v) is 6.72. The van der Waals surface area contributed by atoms with Crippen LogP contribution in [0.2, 0.25) is 0 Å². The van der Waals surface area contributed by atoms with E-state index in [1.54, 1.807) is 13.2 Å². The second kappa shape index (κ2) is 7.74. The van der Waals surface area contributed by atoms with Crippen molar-refractivity contribution in [1.29, 1.82) is 0 Å². The zero-order chi connectivity index (χ0) is 18.6. The summed E-state index contributed by atoms with van der Waals surface area (Å²) in [6, 6.07) is 9.83. The minimum atomic E-state index is -0.150. The summed E-state index contributed by atoms with van der Waals surface area (Å²) < 4.78 is 16.6. The van der Waals surface area contributed by atoms with Crippen LogP contribution in [0.5, 0.6) is 17.2 Å². The van der Waals surface area contributed by atoms with Crippen LogP contribution in [-0.2, 0) is 17.6 Å². The van der Waals surface area contributed by atoms with Crippen molar-refractivity contribution in [2.45, 2.75) is 25.7 Å². The zero-order valence-corrected chi connectivity index (χ0v) is 15.4. The summed E-state index contributed by atoms with van der Waals surface area (Å²) in [5.41, 5.74) is 4.36.